The van der Waals surface area contributed by atoms with Crippen molar-refractivity contribution in [2.24, 2.45) is 0 Å². The number of hydrogen-bond donors (Lipinski definition) is 1. The molecule has 0 saturated heterocycles. The number of methoxy groups -OCH3 is 1. The maximum absolute atomic E-state index is 5.02. The van der Waals surface area contributed by atoms with Crippen molar-refractivity contribution >= 4 is 0 Å². The summed E-state index contributed by atoms with van der Waals surface area (Å²) in [5.41, 5.74) is 2.31. The minimum Gasteiger partial charge on any atom is -0.481 e. The molecule has 0 aliphatic carbocycles. The number of nitrogens with one attached hydrogen (secondary N) is 1. The fourth-order valence-corrected chi connectivity index (χ4v) is 1.66. The standard InChI is InChI=1S/C14H17N3O/c1-11(13-4-3-7-15-10-13)16-8-12-5-6-14(18-2)17-9-12/h3-7,9-11,16H,8H2,1-2H3/t11-/m0/s1. The molecule has 0 unspecified atom stereocenters. The zero-order valence-electron chi connectivity index (χ0n) is 10.6. The van der Waals surface area contributed by atoms with Crippen molar-refractivity contribution < 1.29 is 4.74 Å². The highest BCUT2D eigenvalue weighted by Crippen LogP contribution is 2.12. The van der Waals surface area contributed by atoms with Crippen molar-refractivity contribution in [1.82, 2.24) is 15.3 Å². The number of nitrogens with zero attached hydrogens (tertiary/aromatic N) is 2. The van der Waals surface area contributed by atoms with Crippen LogP contribution in [0.3, 0.4) is 0 Å². The fourth-order valence-electron chi connectivity index (χ4n) is 1.66. The Hall–Kier alpha value is -1.94. The lowest BCUT2D eigenvalue weighted by molar-refractivity contribution is 0.397. The van der Waals surface area contributed by atoms with Crippen LogP contribution in [0.1, 0.15) is 24.1 Å². The third-order valence-corrected chi connectivity index (χ3v) is 2.80. The van der Waals surface area contributed by atoms with Gasteiger partial charge in [-0.25, -0.2) is 4.98 Å². The monoisotopic (exact) mass is 243 g/mol. The minimum absolute atomic E-state index is 0.265. The quantitative estimate of drug-likeness (QED) is 0.875. The molecule has 0 aromatic carbocycles. The predicted molar refractivity (Wildman–Crippen MR) is 70.3 cm³/mol. The minimum atomic E-state index is 0.265. The molecule has 4 heteroatoms. The first-order chi connectivity index (χ1) is 8.79. The molecule has 18 heavy (non-hydrogen) atoms. The maximum Gasteiger partial charge on any atom is 0.212 e. The van der Waals surface area contributed by atoms with Gasteiger partial charge in [0, 0.05) is 37.2 Å². The van der Waals surface area contributed by atoms with Gasteiger partial charge in [0.2, 0.25) is 5.88 Å². The van der Waals surface area contributed by atoms with E-state index in [-0.39, 0.29) is 6.04 Å². The van der Waals surface area contributed by atoms with Gasteiger partial charge in [0.15, 0.2) is 0 Å². The predicted octanol–water partition coefficient (Wildman–Crippen LogP) is 2.34. The van der Waals surface area contributed by atoms with Crippen molar-refractivity contribution in [3.63, 3.8) is 0 Å². The van der Waals surface area contributed by atoms with E-state index in [2.05, 4.69) is 28.3 Å². The second-order valence-electron chi connectivity index (χ2n) is 4.10. The van der Waals surface area contributed by atoms with E-state index in [0.717, 1.165) is 12.1 Å². The molecule has 2 aromatic heterocycles. The van der Waals surface area contributed by atoms with Gasteiger partial charge in [0.05, 0.1) is 7.11 Å². The molecular formula is C14H17N3O. The Morgan fingerprint density at radius 1 is 1.28 bits per heavy atom. The number of pyridine rings is 2. The maximum atomic E-state index is 5.02. The van der Waals surface area contributed by atoms with Gasteiger partial charge in [-0.05, 0) is 24.1 Å². The zero-order chi connectivity index (χ0) is 12.8. The molecule has 1 N–H and O–H groups in total. The van der Waals surface area contributed by atoms with E-state index in [4.69, 9.17) is 4.74 Å². The van der Waals surface area contributed by atoms with E-state index in [0.29, 0.717) is 5.88 Å². The lowest BCUT2D eigenvalue weighted by Gasteiger charge is -2.13. The molecule has 1 atom stereocenters. The first-order valence-corrected chi connectivity index (χ1v) is 5.92. The normalized spacial score (nSPS) is 12.1. The van der Waals surface area contributed by atoms with Gasteiger partial charge >= 0.3 is 0 Å². The van der Waals surface area contributed by atoms with Crippen molar-refractivity contribution in [3.8, 4) is 5.88 Å². The zero-order valence-corrected chi connectivity index (χ0v) is 10.6. The highest BCUT2D eigenvalue weighted by Gasteiger charge is 2.04. The van der Waals surface area contributed by atoms with Crippen LogP contribution in [-0.2, 0) is 6.54 Å². The van der Waals surface area contributed by atoms with Crippen molar-refractivity contribution in [3.05, 3.63) is 54.0 Å². The molecule has 0 saturated carbocycles. The van der Waals surface area contributed by atoms with Crippen LogP contribution in [0.5, 0.6) is 5.88 Å². The lowest BCUT2D eigenvalue weighted by atomic mass is 10.1. The first-order valence-electron chi connectivity index (χ1n) is 5.92. The van der Waals surface area contributed by atoms with Gasteiger partial charge in [-0.3, -0.25) is 4.98 Å². The van der Waals surface area contributed by atoms with E-state index < -0.39 is 0 Å². The van der Waals surface area contributed by atoms with E-state index >= 15 is 0 Å². The number of ether oxygens (including phenoxy) is 1. The summed E-state index contributed by atoms with van der Waals surface area (Å²) in [5.74, 6) is 0.638. The molecule has 2 rings (SSSR count). The van der Waals surface area contributed by atoms with Gasteiger partial charge in [-0.1, -0.05) is 12.1 Å². The molecule has 0 aliphatic heterocycles. The summed E-state index contributed by atoms with van der Waals surface area (Å²) in [7, 11) is 1.62. The molecular weight excluding hydrogens is 226 g/mol. The van der Waals surface area contributed by atoms with Gasteiger partial charge in [0.1, 0.15) is 0 Å². The van der Waals surface area contributed by atoms with Crippen LogP contribution in [0.4, 0.5) is 0 Å². The van der Waals surface area contributed by atoms with Gasteiger partial charge in [0.25, 0.3) is 0 Å². The Kier molecular flexibility index (Phi) is 4.25. The number of aromatic nitrogens is 2. The van der Waals surface area contributed by atoms with Crippen LogP contribution >= 0.6 is 0 Å². The molecule has 0 amide bonds. The van der Waals surface area contributed by atoms with Gasteiger partial charge < -0.3 is 10.1 Å². The third kappa shape index (κ3) is 3.28. The Morgan fingerprint density at radius 2 is 2.17 bits per heavy atom. The van der Waals surface area contributed by atoms with Crippen LogP contribution in [-0.4, -0.2) is 17.1 Å². The summed E-state index contributed by atoms with van der Waals surface area (Å²) < 4.78 is 5.02. The van der Waals surface area contributed by atoms with E-state index in [1.165, 1.54) is 5.56 Å². The smallest absolute Gasteiger partial charge is 0.212 e. The summed E-state index contributed by atoms with van der Waals surface area (Å²) in [6.07, 6.45) is 5.48. The highest BCUT2D eigenvalue weighted by molar-refractivity contribution is 5.18. The largest absolute Gasteiger partial charge is 0.481 e. The van der Waals surface area contributed by atoms with E-state index in [9.17, 15) is 0 Å². The Labute approximate surface area is 107 Å². The van der Waals surface area contributed by atoms with E-state index in [1.807, 2.05) is 30.6 Å². The molecule has 4 nitrogen and oxygen atoms in total. The highest BCUT2D eigenvalue weighted by atomic mass is 16.5. The Morgan fingerprint density at radius 3 is 2.78 bits per heavy atom. The Balaban J connectivity index is 1.91. The molecule has 2 heterocycles. The van der Waals surface area contributed by atoms with Crippen LogP contribution in [0.25, 0.3) is 0 Å². The summed E-state index contributed by atoms with van der Waals surface area (Å²) in [6.45, 7) is 2.89. The van der Waals surface area contributed by atoms with Crippen LogP contribution < -0.4 is 10.1 Å². The van der Waals surface area contributed by atoms with E-state index in [1.54, 1.807) is 13.3 Å². The lowest BCUT2D eigenvalue weighted by Crippen LogP contribution is -2.18. The Bertz CT molecular complexity index is 470. The van der Waals surface area contributed by atoms with Gasteiger partial charge in [-0.15, -0.1) is 0 Å². The summed E-state index contributed by atoms with van der Waals surface area (Å²) in [6, 6.07) is 8.15. The van der Waals surface area contributed by atoms with Crippen LogP contribution in [0, 0.1) is 0 Å². The van der Waals surface area contributed by atoms with Crippen LogP contribution in [0.2, 0.25) is 0 Å². The average Bonchev–Trinajstić information content (AvgIpc) is 2.46. The molecule has 2 aromatic rings. The first kappa shape index (κ1) is 12.5. The SMILES string of the molecule is COc1ccc(CN[C@@H](C)c2cccnc2)cn1. The molecule has 0 bridgehead atoms. The van der Waals surface area contributed by atoms with Crippen molar-refractivity contribution in [2.45, 2.75) is 19.5 Å². The third-order valence-electron chi connectivity index (χ3n) is 2.80. The topological polar surface area (TPSA) is 47.0 Å². The second-order valence-corrected chi connectivity index (χ2v) is 4.10. The van der Waals surface area contributed by atoms with Gasteiger partial charge in [-0.2, -0.15) is 0 Å². The number of hydrogen-bond acceptors (Lipinski definition) is 4. The summed E-state index contributed by atoms with van der Waals surface area (Å²) in [5, 5.41) is 3.43. The number of rotatable bonds is 5. The van der Waals surface area contributed by atoms with Crippen molar-refractivity contribution in [1.29, 1.82) is 0 Å². The molecule has 0 spiro atoms. The average molecular weight is 243 g/mol. The van der Waals surface area contributed by atoms with Crippen molar-refractivity contribution in [2.75, 3.05) is 7.11 Å². The molecule has 94 valence electrons. The molecule has 0 fully saturated rings. The van der Waals surface area contributed by atoms with Crippen LogP contribution in [0.15, 0.2) is 42.9 Å². The molecule has 0 radical (unpaired) electrons. The summed E-state index contributed by atoms with van der Waals surface area (Å²) >= 11 is 0. The second kappa shape index (κ2) is 6.12. The summed E-state index contributed by atoms with van der Waals surface area (Å²) in [4.78, 5) is 8.29. The fraction of sp³-hybridized carbons (Fsp3) is 0.286. The molecule has 0 aliphatic rings.